The second kappa shape index (κ2) is 9.63. The molecule has 0 aromatic carbocycles. The van der Waals surface area contributed by atoms with Crippen LogP contribution in [0.4, 0.5) is 0 Å². The van der Waals surface area contributed by atoms with Crippen LogP contribution in [-0.2, 0) is 19.1 Å². The molecule has 0 bridgehead atoms. The molecule has 1 aliphatic rings. The van der Waals surface area contributed by atoms with Crippen LogP contribution in [0, 0.1) is 28.6 Å². The summed E-state index contributed by atoms with van der Waals surface area (Å²) in [5, 5.41) is 10.1. The van der Waals surface area contributed by atoms with Crippen molar-refractivity contribution in [3.8, 4) is 0 Å². The Kier molecular flexibility index (Phi) is 8.53. The van der Waals surface area contributed by atoms with E-state index in [1.54, 1.807) is 20.8 Å². The minimum Gasteiger partial charge on any atom is -0.461 e. The van der Waals surface area contributed by atoms with E-state index in [0.717, 1.165) is 19.3 Å². The van der Waals surface area contributed by atoms with Gasteiger partial charge in [0, 0.05) is 11.0 Å². The number of aliphatic hydroxyl groups is 1. The summed E-state index contributed by atoms with van der Waals surface area (Å²) in [6.45, 7) is 17.4. The van der Waals surface area contributed by atoms with Crippen LogP contribution in [0.1, 0.15) is 81.6 Å². The van der Waals surface area contributed by atoms with Crippen LogP contribution in [0.3, 0.4) is 0 Å². The van der Waals surface area contributed by atoms with Crippen molar-refractivity contribution in [2.75, 3.05) is 13.2 Å². The lowest BCUT2D eigenvalue weighted by Gasteiger charge is -2.37. The summed E-state index contributed by atoms with van der Waals surface area (Å²) < 4.78 is 11.1. The second-order valence-electron chi connectivity index (χ2n) is 11.0. The van der Waals surface area contributed by atoms with Gasteiger partial charge in [-0.15, -0.1) is 0 Å². The third-order valence-electron chi connectivity index (χ3n) is 5.89. The third kappa shape index (κ3) is 6.31. The lowest BCUT2D eigenvalue weighted by atomic mass is 9.71. The molecule has 1 atom stereocenters. The normalized spacial score (nSPS) is 23.3. The molecule has 29 heavy (non-hydrogen) atoms. The van der Waals surface area contributed by atoms with E-state index in [-0.39, 0.29) is 12.6 Å². The number of carbonyl (C=O) groups is 2. The number of aliphatic hydroxyl groups excluding tert-OH is 1. The van der Waals surface area contributed by atoms with Crippen LogP contribution in [0.15, 0.2) is 11.6 Å². The highest BCUT2D eigenvalue weighted by Gasteiger charge is 2.59. The van der Waals surface area contributed by atoms with E-state index in [1.807, 2.05) is 19.9 Å². The maximum absolute atomic E-state index is 12.7. The molecule has 0 aliphatic carbocycles. The fraction of sp³-hybridized carbons (Fsp3) is 0.833. The first kappa shape index (κ1) is 25.7. The minimum atomic E-state index is -1.26. The van der Waals surface area contributed by atoms with Gasteiger partial charge in [0.2, 0.25) is 0 Å². The Morgan fingerprint density at radius 1 is 1.14 bits per heavy atom. The zero-order valence-corrected chi connectivity index (χ0v) is 19.9. The first-order valence-electron chi connectivity index (χ1n) is 10.9. The van der Waals surface area contributed by atoms with Gasteiger partial charge < -0.3 is 14.6 Å². The first-order chi connectivity index (χ1) is 13.2. The van der Waals surface area contributed by atoms with Gasteiger partial charge in [-0.3, -0.25) is 4.79 Å². The van der Waals surface area contributed by atoms with Gasteiger partial charge in [-0.05, 0) is 57.8 Å². The molecule has 5 heteroatoms. The molecule has 168 valence electrons. The number of ether oxygens (including phenoxy) is 2. The van der Waals surface area contributed by atoms with Crippen LogP contribution in [0.5, 0.6) is 0 Å². The molecule has 1 fully saturated rings. The Morgan fingerprint density at radius 3 is 2.07 bits per heavy atom. The van der Waals surface area contributed by atoms with Crippen molar-refractivity contribution < 1.29 is 24.2 Å². The molecule has 0 amide bonds. The quantitative estimate of drug-likeness (QED) is 0.432. The number of carbonyl (C=O) groups excluding carboxylic acids is 2. The van der Waals surface area contributed by atoms with E-state index in [1.165, 1.54) is 0 Å². The number of allylic oxidation sites excluding steroid dienone is 1. The van der Waals surface area contributed by atoms with Gasteiger partial charge in [0.05, 0.1) is 12.0 Å². The summed E-state index contributed by atoms with van der Waals surface area (Å²) in [5.74, 6) is 0.865. The number of rotatable bonds is 9. The van der Waals surface area contributed by atoms with E-state index < -0.39 is 29.0 Å². The highest BCUT2D eigenvalue weighted by atomic mass is 16.6. The summed E-state index contributed by atoms with van der Waals surface area (Å²) in [4.78, 5) is 24.9. The van der Waals surface area contributed by atoms with Gasteiger partial charge in [0.15, 0.2) is 5.60 Å². The van der Waals surface area contributed by atoms with Crippen LogP contribution in [0.25, 0.3) is 0 Å². The molecule has 0 saturated carbocycles. The number of hydrogen-bond acceptors (Lipinski definition) is 5. The summed E-state index contributed by atoms with van der Waals surface area (Å²) in [6.07, 6.45) is 4.99. The average molecular weight is 411 g/mol. The molecular formula is C24H42O5. The monoisotopic (exact) mass is 410 g/mol. The van der Waals surface area contributed by atoms with Crippen molar-refractivity contribution in [3.05, 3.63) is 11.6 Å². The maximum atomic E-state index is 12.7. The summed E-state index contributed by atoms with van der Waals surface area (Å²) in [7, 11) is 0. The van der Waals surface area contributed by atoms with Gasteiger partial charge in [0.25, 0.3) is 0 Å². The number of hydrogen-bond donors (Lipinski definition) is 1. The van der Waals surface area contributed by atoms with Gasteiger partial charge in [0.1, 0.15) is 6.61 Å². The fourth-order valence-corrected chi connectivity index (χ4v) is 3.99. The van der Waals surface area contributed by atoms with E-state index in [9.17, 15) is 14.7 Å². The Labute approximate surface area is 177 Å². The number of esters is 2. The zero-order chi connectivity index (χ0) is 22.6. The molecule has 0 aromatic rings. The van der Waals surface area contributed by atoms with Crippen LogP contribution >= 0.6 is 0 Å². The second-order valence-corrected chi connectivity index (χ2v) is 11.0. The summed E-state index contributed by atoms with van der Waals surface area (Å²) >= 11 is 0. The minimum absolute atomic E-state index is 0.156. The largest absolute Gasteiger partial charge is 0.461 e. The highest BCUT2D eigenvalue weighted by molar-refractivity contribution is 5.93. The molecular weight excluding hydrogens is 368 g/mol. The molecule has 5 nitrogen and oxygen atoms in total. The van der Waals surface area contributed by atoms with Crippen LogP contribution in [-0.4, -0.2) is 35.9 Å². The zero-order valence-electron chi connectivity index (χ0n) is 19.9. The van der Waals surface area contributed by atoms with Gasteiger partial charge in [-0.25, -0.2) is 4.79 Å². The van der Waals surface area contributed by atoms with Crippen LogP contribution in [0.2, 0.25) is 0 Å². The Hall–Kier alpha value is -1.36. The van der Waals surface area contributed by atoms with E-state index in [2.05, 4.69) is 27.7 Å². The summed E-state index contributed by atoms with van der Waals surface area (Å²) in [6, 6.07) is 0. The molecule has 1 heterocycles. The molecule has 1 rings (SSSR count). The predicted molar refractivity (Wildman–Crippen MR) is 115 cm³/mol. The van der Waals surface area contributed by atoms with Gasteiger partial charge in [-0.1, -0.05) is 47.6 Å². The fourth-order valence-electron chi connectivity index (χ4n) is 3.99. The maximum Gasteiger partial charge on any atom is 0.335 e. The van der Waals surface area contributed by atoms with Gasteiger partial charge >= 0.3 is 11.9 Å². The van der Waals surface area contributed by atoms with E-state index in [0.29, 0.717) is 23.3 Å². The van der Waals surface area contributed by atoms with Crippen molar-refractivity contribution in [3.63, 3.8) is 0 Å². The van der Waals surface area contributed by atoms with Crippen molar-refractivity contribution in [1.29, 1.82) is 0 Å². The molecule has 0 spiro atoms. The van der Waals surface area contributed by atoms with Gasteiger partial charge in [-0.2, -0.15) is 0 Å². The summed E-state index contributed by atoms with van der Waals surface area (Å²) in [5.41, 5.74) is -2.13. The Bertz CT molecular complexity index is 599. The van der Waals surface area contributed by atoms with Crippen LogP contribution < -0.4 is 0 Å². The highest BCUT2D eigenvalue weighted by Crippen LogP contribution is 2.48. The molecule has 1 N–H and O–H groups in total. The first-order valence-corrected chi connectivity index (χ1v) is 10.9. The molecule has 1 aliphatic heterocycles. The lowest BCUT2D eigenvalue weighted by molar-refractivity contribution is -0.179. The SMILES string of the molecule is CC(C)CC(C/C=C1/C(=O)OC(CO)(COC(=O)C(C)(C)C)C1(C)C)CC(C)C. The number of cyclic esters (lactones) is 1. The topological polar surface area (TPSA) is 72.8 Å². The van der Waals surface area contributed by atoms with Crippen molar-refractivity contribution in [2.45, 2.75) is 87.2 Å². The third-order valence-corrected chi connectivity index (χ3v) is 5.89. The molecule has 1 unspecified atom stereocenters. The standard InChI is InChI=1S/C24H42O5/c1-16(2)12-18(13-17(3)4)10-11-19-20(26)29-24(14-25,23(19,8)9)15-28-21(27)22(5,6)7/h11,16-18,25H,10,12-15H2,1-9H3/b19-11-. The molecule has 0 aromatic heterocycles. The van der Waals surface area contributed by atoms with Crippen molar-refractivity contribution >= 4 is 11.9 Å². The molecule has 1 saturated heterocycles. The Balaban J connectivity index is 3.07. The average Bonchev–Trinajstić information content (AvgIpc) is 2.74. The van der Waals surface area contributed by atoms with Crippen molar-refractivity contribution in [1.82, 2.24) is 0 Å². The molecule has 0 radical (unpaired) electrons. The van der Waals surface area contributed by atoms with E-state index in [4.69, 9.17) is 9.47 Å². The lowest BCUT2D eigenvalue weighted by Crippen LogP contribution is -2.50. The van der Waals surface area contributed by atoms with E-state index >= 15 is 0 Å². The van der Waals surface area contributed by atoms with Crippen molar-refractivity contribution in [2.24, 2.45) is 28.6 Å². The predicted octanol–water partition coefficient (Wildman–Crippen LogP) is 4.91. The smallest absolute Gasteiger partial charge is 0.335 e. The Morgan fingerprint density at radius 2 is 1.66 bits per heavy atom.